The molecule has 6 nitrogen and oxygen atoms in total. The van der Waals surface area contributed by atoms with Crippen LogP contribution in [0.5, 0.6) is 0 Å². The van der Waals surface area contributed by atoms with Gasteiger partial charge in [0.05, 0.1) is 5.69 Å². The number of amides is 2. The average molecular weight is 348 g/mol. The SMILES string of the molecule is CC(NC(=O)N1CCN(Cc2ccccn2)CC1)C(C)(C)CN(C)C. The molecule has 1 aromatic heterocycles. The Morgan fingerprint density at radius 3 is 2.52 bits per heavy atom. The molecule has 140 valence electrons. The van der Waals surface area contributed by atoms with Gasteiger partial charge in [-0.25, -0.2) is 4.79 Å². The zero-order chi connectivity index (χ0) is 18.4. The third-order valence-electron chi connectivity index (χ3n) is 5.01. The van der Waals surface area contributed by atoms with Crippen molar-refractivity contribution in [2.45, 2.75) is 33.4 Å². The monoisotopic (exact) mass is 347 g/mol. The summed E-state index contributed by atoms with van der Waals surface area (Å²) >= 11 is 0. The molecule has 6 heteroatoms. The lowest BCUT2D eigenvalue weighted by Crippen LogP contribution is -2.55. The Labute approximate surface area is 152 Å². The number of hydrogen-bond acceptors (Lipinski definition) is 4. The number of carbonyl (C=O) groups excluding carboxylic acids is 1. The maximum Gasteiger partial charge on any atom is 0.317 e. The van der Waals surface area contributed by atoms with Crippen molar-refractivity contribution in [1.29, 1.82) is 0 Å². The highest BCUT2D eigenvalue weighted by Crippen LogP contribution is 2.21. The predicted octanol–water partition coefficient (Wildman–Crippen LogP) is 1.89. The molecule has 1 aliphatic rings. The fourth-order valence-corrected chi connectivity index (χ4v) is 3.25. The van der Waals surface area contributed by atoms with Gasteiger partial charge in [0.2, 0.25) is 0 Å². The van der Waals surface area contributed by atoms with Gasteiger partial charge in [-0.15, -0.1) is 0 Å². The van der Waals surface area contributed by atoms with Crippen LogP contribution in [0, 0.1) is 5.41 Å². The van der Waals surface area contributed by atoms with Crippen LogP contribution in [0.4, 0.5) is 4.79 Å². The van der Waals surface area contributed by atoms with Crippen molar-refractivity contribution < 1.29 is 4.79 Å². The van der Waals surface area contributed by atoms with Gasteiger partial charge in [0.15, 0.2) is 0 Å². The lowest BCUT2D eigenvalue weighted by Gasteiger charge is -2.38. The maximum absolute atomic E-state index is 12.6. The summed E-state index contributed by atoms with van der Waals surface area (Å²) in [5, 5.41) is 3.19. The molecule has 1 fully saturated rings. The summed E-state index contributed by atoms with van der Waals surface area (Å²) < 4.78 is 0. The van der Waals surface area contributed by atoms with Gasteiger partial charge in [0, 0.05) is 51.5 Å². The third-order valence-corrected chi connectivity index (χ3v) is 5.01. The lowest BCUT2D eigenvalue weighted by molar-refractivity contribution is 0.123. The van der Waals surface area contributed by atoms with Crippen molar-refractivity contribution in [2.75, 3.05) is 46.8 Å². The van der Waals surface area contributed by atoms with Crippen molar-refractivity contribution >= 4 is 6.03 Å². The van der Waals surface area contributed by atoms with Crippen LogP contribution in [0.25, 0.3) is 0 Å². The first-order valence-electron chi connectivity index (χ1n) is 9.10. The molecule has 1 saturated heterocycles. The molecule has 0 saturated carbocycles. The van der Waals surface area contributed by atoms with E-state index in [1.807, 2.05) is 29.3 Å². The van der Waals surface area contributed by atoms with Gasteiger partial charge in [-0.2, -0.15) is 0 Å². The molecule has 2 rings (SSSR count). The third kappa shape index (κ3) is 5.97. The topological polar surface area (TPSA) is 51.7 Å². The Morgan fingerprint density at radius 2 is 1.96 bits per heavy atom. The first-order chi connectivity index (χ1) is 11.8. The summed E-state index contributed by atoms with van der Waals surface area (Å²) in [6.45, 7) is 11.6. The van der Waals surface area contributed by atoms with E-state index in [4.69, 9.17) is 0 Å². The van der Waals surface area contributed by atoms with E-state index in [2.05, 4.69) is 55.0 Å². The molecule has 0 aromatic carbocycles. The number of nitrogens with one attached hydrogen (secondary N) is 1. The van der Waals surface area contributed by atoms with Crippen LogP contribution in [-0.2, 0) is 6.54 Å². The van der Waals surface area contributed by atoms with Gasteiger partial charge in [0.25, 0.3) is 0 Å². The molecule has 25 heavy (non-hydrogen) atoms. The summed E-state index contributed by atoms with van der Waals surface area (Å²) in [7, 11) is 4.13. The molecule has 0 aliphatic carbocycles. The fraction of sp³-hybridized carbons (Fsp3) is 0.684. The lowest BCUT2D eigenvalue weighted by atomic mass is 9.85. The number of aromatic nitrogens is 1. The van der Waals surface area contributed by atoms with Crippen LogP contribution in [0.1, 0.15) is 26.5 Å². The predicted molar refractivity (Wildman–Crippen MR) is 101 cm³/mol. The van der Waals surface area contributed by atoms with Crippen molar-refractivity contribution in [3.8, 4) is 0 Å². The minimum atomic E-state index is 0.0277. The highest BCUT2D eigenvalue weighted by atomic mass is 16.2. The van der Waals surface area contributed by atoms with Gasteiger partial charge in [-0.3, -0.25) is 9.88 Å². The zero-order valence-electron chi connectivity index (χ0n) is 16.3. The summed E-state index contributed by atoms with van der Waals surface area (Å²) in [5.41, 5.74) is 1.11. The number of piperazine rings is 1. The zero-order valence-corrected chi connectivity index (χ0v) is 16.3. The van der Waals surface area contributed by atoms with Gasteiger partial charge in [0.1, 0.15) is 0 Å². The quantitative estimate of drug-likeness (QED) is 0.854. The number of urea groups is 1. The summed E-state index contributed by atoms with van der Waals surface area (Å²) in [6, 6.07) is 6.17. The standard InChI is InChI=1S/C19H33N5O/c1-16(19(2,3)15-22(4)5)21-18(25)24-12-10-23(11-13-24)14-17-8-6-7-9-20-17/h6-9,16H,10-15H2,1-5H3,(H,21,25). The van der Waals surface area contributed by atoms with E-state index in [0.717, 1.165) is 45.0 Å². The molecule has 2 amide bonds. The summed E-state index contributed by atoms with van der Waals surface area (Å²) in [4.78, 5) is 23.4. The molecule has 2 heterocycles. The maximum atomic E-state index is 12.6. The second-order valence-electron chi connectivity index (χ2n) is 7.98. The van der Waals surface area contributed by atoms with Crippen LogP contribution in [0.3, 0.4) is 0 Å². The van der Waals surface area contributed by atoms with E-state index in [-0.39, 0.29) is 17.5 Å². The smallest absolute Gasteiger partial charge is 0.317 e. The second-order valence-corrected chi connectivity index (χ2v) is 7.98. The van der Waals surface area contributed by atoms with E-state index in [1.54, 1.807) is 0 Å². The molecule has 1 aromatic rings. The average Bonchev–Trinajstić information content (AvgIpc) is 2.55. The minimum absolute atomic E-state index is 0.0277. The van der Waals surface area contributed by atoms with Crippen molar-refractivity contribution in [2.24, 2.45) is 5.41 Å². The molecule has 1 N–H and O–H groups in total. The molecule has 1 unspecified atom stereocenters. The van der Waals surface area contributed by atoms with Crippen LogP contribution in [0.2, 0.25) is 0 Å². The largest absolute Gasteiger partial charge is 0.335 e. The first kappa shape index (κ1) is 19.7. The summed E-state index contributed by atoms with van der Waals surface area (Å²) in [6.07, 6.45) is 1.83. The van der Waals surface area contributed by atoms with Gasteiger partial charge in [-0.05, 0) is 38.6 Å². The number of pyridine rings is 1. The van der Waals surface area contributed by atoms with E-state index in [1.165, 1.54) is 0 Å². The fourth-order valence-electron chi connectivity index (χ4n) is 3.25. The molecule has 0 bridgehead atoms. The summed E-state index contributed by atoms with van der Waals surface area (Å²) in [5.74, 6) is 0. The number of nitrogens with zero attached hydrogens (tertiary/aromatic N) is 4. The highest BCUT2D eigenvalue weighted by Gasteiger charge is 2.30. The van der Waals surface area contributed by atoms with Crippen LogP contribution in [0.15, 0.2) is 24.4 Å². The molecule has 0 spiro atoms. The van der Waals surface area contributed by atoms with Gasteiger partial charge in [-0.1, -0.05) is 19.9 Å². The van der Waals surface area contributed by atoms with E-state index < -0.39 is 0 Å². The number of rotatable bonds is 6. The molecule has 1 atom stereocenters. The molecule has 0 radical (unpaired) electrons. The Morgan fingerprint density at radius 1 is 1.28 bits per heavy atom. The van der Waals surface area contributed by atoms with E-state index in [0.29, 0.717) is 0 Å². The van der Waals surface area contributed by atoms with Crippen molar-refractivity contribution in [1.82, 2.24) is 25.0 Å². The van der Waals surface area contributed by atoms with E-state index in [9.17, 15) is 4.79 Å². The first-order valence-corrected chi connectivity index (χ1v) is 9.10. The number of carbonyl (C=O) groups is 1. The second kappa shape index (κ2) is 8.63. The van der Waals surface area contributed by atoms with Crippen molar-refractivity contribution in [3.05, 3.63) is 30.1 Å². The molecule has 1 aliphatic heterocycles. The normalized spacial score (nSPS) is 17.6. The Balaban J connectivity index is 1.79. The number of hydrogen-bond donors (Lipinski definition) is 1. The van der Waals surface area contributed by atoms with E-state index >= 15 is 0 Å². The Kier molecular flexibility index (Phi) is 6.79. The Bertz CT molecular complexity index is 538. The van der Waals surface area contributed by atoms with Crippen LogP contribution >= 0.6 is 0 Å². The van der Waals surface area contributed by atoms with Gasteiger partial charge >= 0.3 is 6.03 Å². The molecular weight excluding hydrogens is 314 g/mol. The van der Waals surface area contributed by atoms with Crippen molar-refractivity contribution in [3.63, 3.8) is 0 Å². The Hall–Kier alpha value is -1.66. The van der Waals surface area contributed by atoms with Crippen LogP contribution < -0.4 is 5.32 Å². The van der Waals surface area contributed by atoms with Gasteiger partial charge < -0.3 is 15.1 Å². The highest BCUT2D eigenvalue weighted by molar-refractivity contribution is 5.74. The molecular formula is C19H33N5O. The minimum Gasteiger partial charge on any atom is -0.335 e. The van der Waals surface area contributed by atoms with Crippen LogP contribution in [-0.4, -0.2) is 78.6 Å².